The van der Waals surface area contributed by atoms with Crippen LogP contribution in [0, 0.1) is 13.8 Å². The molecule has 0 aliphatic carbocycles. The van der Waals surface area contributed by atoms with Crippen LogP contribution in [0.4, 0.5) is 0 Å². The zero-order valence-electron chi connectivity index (χ0n) is 14.2. The summed E-state index contributed by atoms with van der Waals surface area (Å²) in [5, 5.41) is 0. The number of benzene rings is 3. The Hall–Kier alpha value is -2.34. The molecule has 3 aromatic carbocycles. The summed E-state index contributed by atoms with van der Waals surface area (Å²) in [6.07, 6.45) is 3.58. The van der Waals surface area contributed by atoms with Crippen molar-refractivity contribution in [3.63, 3.8) is 0 Å². The van der Waals surface area contributed by atoms with Gasteiger partial charge in [-0.05, 0) is 44.2 Å². The molecule has 0 heterocycles. The minimum Gasteiger partial charge on any atom is -0.0622 e. The average molecular weight is 302 g/mol. The highest BCUT2D eigenvalue weighted by Crippen LogP contribution is 2.07. The molecule has 0 saturated carbocycles. The van der Waals surface area contributed by atoms with E-state index < -0.39 is 0 Å². The lowest BCUT2D eigenvalue weighted by molar-refractivity contribution is 0.821. The lowest BCUT2D eigenvalue weighted by Gasteiger charge is -2.01. The van der Waals surface area contributed by atoms with E-state index in [4.69, 9.17) is 0 Å². The van der Waals surface area contributed by atoms with Crippen LogP contribution in [0.3, 0.4) is 0 Å². The molecule has 0 fully saturated rings. The van der Waals surface area contributed by atoms with Gasteiger partial charge in [0.2, 0.25) is 0 Å². The normalized spacial score (nSPS) is 9.83. The Balaban J connectivity index is 0.000000203. The third-order valence-electron chi connectivity index (χ3n) is 3.83. The maximum atomic E-state index is 2.20. The van der Waals surface area contributed by atoms with Crippen LogP contribution in [0.2, 0.25) is 0 Å². The van der Waals surface area contributed by atoms with Crippen molar-refractivity contribution in [3.8, 4) is 0 Å². The molecule has 0 heteroatoms. The van der Waals surface area contributed by atoms with Gasteiger partial charge < -0.3 is 0 Å². The molecule has 0 unspecified atom stereocenters. The molecule has 118 valence electrons. The maximum Gasteiger partial charge on any atom is -0.0276 e. The fourth-order valence-corrected chi connectivity index (χ4v) is 2.42. The van der Waals surface area contributed by atoms with Gasteiger partial charge in [-0.25, -0.2) is 0 Å². The van der Waals surface area contributed by atoms with Crippen LogP contribution in [-0.4, -0.2) is 0 Å². The molecule has 0 atom stereocenters. The Bertz CT molecular complexity index is 591. The molecule has 0 aliphatic heterocycles. The largest absolute Gasteiger partial charge is 0.0622 e. The molecular formula is C23H26. The van der Waals surface area contributed by atoms with Crippen LogP contribution in [0.5, 0.6) is 0 Å². The first-order valence-electron chi connectivity index (χ1n) is 8.35. The molecule has 23 heavy (non-hydrogen) atoms. The second-order valence-electron chi connectivity index (χ2n) is 5.98. The smallest absolute Gasteiger partial charge is 0.0276 e. The summed E-state index contributed by atoms with van der Waals surface area (Å²) in [4.78, 5) is 0. The standard InChI is InChI=1S/C15H16.C8H10/c1-3-8-14(9-4-1)12-7-13-15-10-5-2-6-11-15;1-7-3-5-8(2)6-4-7/h1-6,8-11H,7,12-13H2;3-6H,1-2H3. The number of hydrogen-bond acceptors (Lipinski definition) is 0. The highest BCUT2D eigenvalue weighted by Gasteiger charge is 1.93. The van der Waals surface area contributed by atoms with E-state index in [2.05, 4.69) is 98.8 Å². The number of aryl methyl sites for hydroxylation is 4. The van der Waals surface area contributed by atoms with Gasteiger partial charge in [0, 0.05) is 0 Å². The minimum absolute atomic E-state index is 1.18. The van der Waals surface area contributed by atoms with Gasteiger partial charge in [-0.3, -0.25) is 0 Å². The van der Waals surface area contributed by atoms with E-state index in [0.29, 0.717) is 0 Å². The van der Waals surface area contributed by atoms with E-state index in [1.54, 1.807) is 0 Å². The van der Waals surface area contributed by atoms with Crippen LogP contribution >= 0.6 is 0 Å². The SMILES string of the molecule is Cc1ccc(C)cc1.c1ccc(CCCc2ccccc2)cc1. The average Bonchev–Trinajstić information content (AvgIpc) is 2.60. The minimum atomic E-state index is 1.18. The molecule has 0 spiro atoms. The fraction of sp³-hybridized carbons (Fsp3) is 0.217. The molecule has 0 nitrogen and oxygen atoms in total. The van der Waals surface area contributed by atoms with E-state index in [1.165, 1.54) is 41.5 Å². The van der Waals surface area contributed by atoms with Gasteiger partial charge in [0.25, 0.3) is 0 Å². The van der Waals surface area contributed by atoms with Gasteiger partial charge in [-0.2, -0.15) is 0 Å². The molecular weight excluding hydrogens is 276 g/mol. The van der Waals surface area contributed by atoms with E-state index in [0.717, 1.165) is 0 Å². The molecule has 0 N–H and O–H groups in total. The van der Waals surface area contributed by atoms with E-state index in [1.807, 2.05) is 0 Å². The van der Waals surface area contributed by atoms with Crippen molar-refractivity contribution in [2.45, 2.75) is 33.1 Å². The van der Waals surface area contributed by atoms with Gasteiger partial charge in [0.1, 0.15) is 0 Å². The topological polar surface area (TPSA) is 0 Å². The van der Waals surface area contributed by atoms with Crippen LogP contribution in [0.25, 0.3) is 0 Å². The Morgan fingerprint density at radius 3 is 1.17 bits per heavy atom. The van der Waals surface area contributed by atoms with E-state index in [9.17, 15) is 0 Å². The van der Waals surface area contributed by atoms with E-state index in [-0.39, 0.29) is 0 Å². The lowest BCUT2D eigenvalue weighted by atomic mass is 10.0. The molecule has 0 radical (unpaired) electrons. The van der Waals surface area contributed by atoms with Crippen LogP contribution in [0.15, 0.2) is 84.9 Å². The monoisotopic (exact) mass is 302 g/mol. The van der Waals surface area contributed by atoms with Crippen molar-refractivity contribution in [2.75, 3.05) is 0 Å². The summed E-state index contributed by atoms with van der Waals surface area (Å²) in [5.74, 6) is 0. The van der Waals surface area contributed by atoms with Gasteiger partial charge >= 0.3 is 0 Å². The second kappa shape index (κ2) is 9.63. The second-order valence-corrected chi connectivity index (χ2v) is 5.98. The van der Waals surface area contributed by atoms with Crippen LogP contribution in [-0.2, 0) is 12.8 Å². The van der Waals surface area contributed by atoms with Crippen molar-refractivity contribution in [3.05, 3.63) is 107 Å². The first-order valence-corrected chi connectivity index (χ1v) is 8.35. The molecule has 0 saturated heterocycles. The third kappa shape index (κ3) is 6.97. The van der Waals surface area contributed by atoms with Crippen LogP contribution < -0.4 is 0 Å². The predicted octanol–water partition coefficient (Wildman–Crippen LogP) is 6.17. The predicted molar refractivity (Wildman–Crippen MR) is 101 cm³/mol. The fourth-order valence-electron chi connectivity index (χ4n) is 2.42. The Labute approximate surface area is 140 Å². The first-order chi connectivity index (χ1) is 11.2. The summed E-state index contributed by atoms with van der Waals surface area (Å²) in [6.45, 7) is 4.19. The van der Waals surface area contributed by atoms with Gasteiger partial charge in [-0.1, -0.05) is 96.1 Å². The Kier molecular flexibility index (Phi) is 7.13. The molecule has 0 aliphatic rings. The quantitative estimate of drug-likeness (QED) is 0.541. The number of hydrogen-bond donors (Lipinski definition) is 0. The molecule has 0 aromatic heterocycles. The van der Waals surface area contributed by atoms with Crippen molar-refractivity contribution in [1.82, 2.24) is 0 Å². The van der Waals surface area contributed by atoms with Gasteiger partial charge in [0.05, 0.1) is 0 Å². The maximum absolute atomic E-state index is 2.20. The highest BCUT2D eigenvalue weighted by molar-refractivity contribution is 5.19. The Morgan fingerprint density at radius 1 is 0.478 bits per heavy atom. The van der Waals surface area contributed by atoms with Gasteiger partial charge in [-0.15, -0.1) is 0 Å². The zero-order chi connectivity index (χ0) is 16.3. The lowest BCUT2D eigenvalue weighted by Crippen LogP contribution is -1.89. The highest BCUT2D eigenvalue weighted by atomic mass is 14.0. The van der Waals surface area contributed by atoms with Gasteiger partial charge in [0.15, 0.2) is 0 Å². The summed E-state index contributed by atoms with van der Waals surface area (Å²) in [6, 6.07) is 29.9. The third-order valence-corrected chi connectivity index (χ3v) is 3.83. The van der Waals surface area contributed by atoms with Crippen molar-refractivity contribution >= 4 is 0 Å². The molecule has 3 rings (SSSR count). The Morgan fingerprint density at radius 2 is 0.826 bits per heavy atom. The van der Waals surface area contributed by atoms with Crippen molar-refractivity contribution in [2.24, 2.45) is 0 Å². The van der Waals surface area contributed by atoms with Crippen molar-refractivity contribution in [1.29, 1.82) is 0 Å². The summed E-state index contributed by atoms with van der Waals surface area (Å²) in [7, 11) is 0. The summed E-state index contributed by atoms with van der Waals surface area (Å²) in [5.41, 5.74) is 5.54. The molecule has 0 bridgehead atoms. The van der Waals surface area contributed by atoms with Crippen LogP contribution in [0.1, 0.15) is 28.7 Å². The summed E-state index contributed by atoms with van der Waals surface area (Å²) < 4.78 is 0. The molecule has 3 aromatic rings. The zero-order valence-corrected chi connectivity index (χ0v) is 14.2. The van der Waals surface area contributed by atoms with Crippen molar-refractivity contribution < 1.29 is 0 Å². The van der Waals surface area contributed by atoms with E-state index >= 15 is 0 Å². The molecule has 0 amide bonds. The number of rotatable bonds is 4. The first kappa shape index (κ1) is 17.0. The summed E-state index contributed by atoms with van der Waals surface area (Å²) >= 11 is 0.